The molecule has 0 aliphatic heterocycles. The van der Waals surface area contributed by atoms with Gasteiger partial charge in [0.1, 0.15) is 5.65 Å². The summed E-state index contributed by atoms with van der Waals surface area (Å²) in [6, 6.07) is 4.26. The van der Waals surface area contributed by atoms with Crippen LogP contribution in [0.5, 0.6) is 5.88 Å². The van der Waals surface area contributed by atoms with Gasteiger partial charge in [-0.3, -0.25) is 4.40 Å². The van der Waals surface area contributed by atoms with Crippen LogP contribution in [0.2, 0.25) is 0 Å². The lowest BCUT2D eigenvalue weighted by atomic mass is 10.4. The molecule has 0 aliphatic carbocycles. The maximum atomic E-state index is 11.9. The first-order valence-corrected chi connectivity index (χ1v) is 3.74. The largest absolute Gasteiger partial charge is 0.574 e. The highest BCUT2D eigenvalue weighted by molar-refractivity contribution is 5.41. The third kappa shape index (κ3) is 1.63. The molecule has 0 aromatic carbocycles. The van der Waals surface area contributed by atoms with E-state index in [1.807, 2.05) is 0 Å². The van der Waals surface area contributed by atoms with Crippen molar-refractivity contribution in [2.24, 2.45) is 0 Å². The van der Waals surface area contributed by atoms with Gasteiger partial charge in [-0.05, 0) is 12.1 Å². The molecule has 2 heterocycles. The van der Waals surface area contributed by atoms with E-state index in [-0.39, 0.29) is 5.88 Å². The second-order valence-electron chi connectivity index (χ2n) is 2.57. The van der Waals surface area contributed by atoms with Gasteiger partial charge >= 0.3 is 6.36 Å². The molecule has 0 bridgehead atoms. The molecule has 6 heteroatoms. The van der Waals surface area contributed by atoms with Crippen LogP contribution in [0.3, 0.4) is 0 Å². The summed E-state index contributed by atoms with van der Waals surface area (Å²) in [5.74, 6) is -0.299. The zero-order chi connectivity index (χ0) is 10.2. The fraction of sp³-hybridized carbons (Fsp3) is 0.125. The zero-order valence-electron chi connectivity index (χ0n) is 6.82. The Labute approximate surface area is 76.7 Å². The molecule has 0 radical (unpaired) electrons. The number of nitrogens with zero attached hydrogens (tertiary/aromatic N) is 2. The van der Waals surface area contributed by atoms with Gasteiger partial charge in [0.05, 0.1) is 0 Å². The van der Waals surface area contributed by atoms with Gasteiger partial charge in [0.25, 0.3) is 0 Å². The first-order valence-electron chi connectivity index (χ1n) is 3.74. The monoisotopic (exact) mass is 202 g/mol. The summed E-state index contributed by atoms with van der Waals surface area (Å²) in [5.41, 5.74) is 0.409. The Kier molecular flexibility index (Phi) is 1.83. The molecule has 0 amide bonds. The quantitative estimate of drug-likeness (QED) is 0.708. The lowest BCUT2D eigenvalue weighted by Crippen LogP contribution is -2.18. The molecule has 0 fully saturated rings. The fourth-order valence-electron chi connectivity index (χ4n) is 1.12. The third-order valence-corrected chi connectivity index (χ3v) is 1.61. The highest BCUT2D eigenvalue weighted by Crippen LogP contribution is 2.22. The van der Waals surface area contributed by atoms with Crippen molar-refractivity contribution in [1.29, 1.82) is 0 Å². The number of pyridine rings is 1. The van der Waals surface area contributed by atoms with Crippen LogP contribution in [-0.4, -0.2) is 15.7 Å². The Morgan fingerprint density at radius 3 is 2.79 bits per heavy atom. The predicted octanol–water partition coefficient (Wildman–Crippen LogP) is 2.23. The van der Waals surface area contributed by atoms with E-state index in [9.17, 15) is 13.2 Å². The van der Waals surface area contributed by atoms with Crippen molar-refractivity contribution in [1.82, 2.24) is 9.38 Å². The van der Waals surface area contributed by atoms with Gasteiger partial charge in [-0.2, -0.15) is 0 Å². The van der Waals surface area contributed by atoms with E-state index in [4.69, 9.17) is 0 Å². The molecular formula is C8H5F3N2O. The Morgan fingerprint density at radius 2 is 2.07 bits per heavy atom. The lowest BCUT2D eigenvalue weighted by molar-refractivity contribution is -0.276. The topological polar surface area (TPSA) is 26.5 Å². The molecule has 0 atom stereocenters. The molecule has 2 aromatic heterocycles. The fourth-order valence-corrected chi connectivity index (χ4v) is 1.12. The van der Waals surface area contributed by atoms with Gasteiger partial charge in [-0.1, -0.05) is 6.07 Å². The van der Waals surface area contributed by atoms with Crippen molar-refractivity contribution in [2.75, 3.05) is 0 Å². The molecule has 74 valence electrons. The van der Waals surface area contributed by atoms with Crippen LogP contribution in [0, 0.1) is 0 Å². The van der Waals surface area contributed by atoms with Crippen LogP contribution in [0.4, 0.5) is 13.2 Å². The number of fused-ring (bicyclic) bond motifs is 1. The summed E-state index contributed by atoms with van der Waals surface area (Å²) in [5, 5.41) is 0. The number of alkyl halides is 3. The molecule has 2 rings (SSSR count). The van der Waals surface area contributed by atoms with E-state index in [1.54, 1.807) is 6.07 Å². The predicted molar refractivity (Wildman–Crippen MR) is 41.9 cm³/mol. The maximum absolute atomic E-state index is 11.9. The summed E-state index contributed by atoms with van der Waals surface area (Å²) in [6.45, 7) is 0. The average Bonchev–Trinajstić information content (AvgIpc) is 2.49. The molecular weight excluding hydrogens is 197 g/mol. The van der Waals surface area contributed by atoms with E-state index in [2.05, 4.69) is 9.72 Å². The number of hydrogen-bond acceptors (Lipinski definition) is 2. The second-order valence-corrected chi connectivity index (χ2v) is 2.57. The second kappa shape index (κ2) is 2.90. The molecule has 0 spiro atoms. The molecule has 0 saturated carbocycles. The number of aromatic nitrogens is 2. The molecule has 3 nitrogen and oxygen atoms in total. The number of rotatable bonds is 1. The van der Waals surface area contributed by atoms with E-state index in [0.29, 0.717) is 5.65 Å². The highest BCUT2D eigenvalue weighted by Gasteiger charge is 2.32. The minimum absolute atomic E-state index is 0.299. The first kappa shape index (κ1) is 8.86. The highest BCUT2D eigenvalue weighted by atomic mass is 19.4. The standard InChI is InChI=1S/C8H5F3N2O/c9-8(10,11)14-7-3-1-2-6-12-4-5-13(6)7/h1-5H. The zero-order valence-corrected chi connectivity index (χ0v) is 6.82. The van der Waals surface area contributed by atoms with Crippen molar-refractivity contribution in [2.45, 2.75) is 6.36 Å². The van der Waals surface area contributed by atoms with Crippen LogP contribution in [0.1, 0.15) is 0 Å². The summed E-state index contributed by atoms with van der Waals surface area (Å²) >= 11 is 0. The Bertz CT molecular complexity index is 449. The lowest BCUT2D eigenvalue weighted by Gasteiger charge is -2.09. The van der Waals surface area contributed by atoms with E-state index < -0.39 is 6.36 Å². The SMILES string of the molecule is FC(F)(F)Oc1cccc2nccn12. The smallest absolute Gasteiger partial charge is 0.389 e. The van der Waals surface area contributed by atoms with Crippen LogP contribution >= 0.6 is 0 Å². The summed E-state index contributed by atoms with van der Waals surface area (Å²) in [6.07, 6.45) is -1.88. The van der Waals surface area contributed by atoms with E-state index in [0.717, 1.165) is 0 Å². The summed E-state index contributed by atoms with van der Waals surface area (Å²) in [7, 11) is 0. The molecule has 2 aromatic rings. The van der Waals surface area contributed by atoms with Crippen molar-refractivity contribution < 1.29 is 17.9 Å². The Morgan fingerprint density at radius 1 is 1.29 bits per heavy atom. The van der Waals surface area contributed by atoms with E-state index in [1.165, 1.54) is 28.9 Å². The van der Waals surface area contributed by atoms with Crippen molar-refractivity contribution in [3.63, 3.8) is 0 Å². The summed E-state index contributed by atoms with van der Waals surface area (Å²) < 4.78 is 40.8. The van der Waals surface area contributed by atoms with Gasteiger partial charge in [0.2, 0.25) is 5.88 Å². The van der Waals surface area contributed by atoms with Crippen LogP contribution in [-0.2, 0) is 0 Å². The van der Waals surface area contributed by atoms with Gasteiger partial charge in [-0.15, -0.1) is 13.2 Å². The van der Waals surface area contributed by atoms with E-state index >= 15 is 0 Å². The van der Waals surface area contributed by atoms with Gasteiger partial charge in [-0.25, -0.2) is 4.98 Å². The van der Waals surface area contributed by atoms with Gasteiger partial charge in [0, 0.05) is 12.4 Å². The number of imidazole rings is 1. The minimum atomic E-state index is -4.68. The third-order valence-electron chi connectivity index (χ3n) is 1.61. The first-order chi connectivity index (χ1) is 6.56. The maximum Gasteiger partial charge on any atom is 0.574 e. The molecule has 0 aliphatic rings. The van der Waals surface area contributed by atoms with Crippen molar-refractivity contribution in [3.8, 4) is 5.88 Å². The molecule has 0 saturated heterocycles. The normalized spacial score (nSPS) is 11.9. The van der Waals surface area contributed by atoms with Gasteiger partial charge in [0.15, 0.2) is 0 Å². The number of hydrogen-bond donors (Lipinski definition) is 0. The molecule has 0 unspecified atom stereocenters. The molecule has 0 N–H and O–H groups in total. The minimum Gasteiger partial charge on any atom is -0.389 e. The van der Waals surface area contributed by atoms with Gasteiger partial charge < -0.3 is 4.74 Å². The average molecular weight is 202 g/mol. The van der Waals surface area contributed by atoms with Crippen LogP contribution < -0.4 is 4.74 Å². The summed E-state index contributed by atoms with van der Waals surface area (Å²) in [4.78, 5) is 3.82. The Balaban J connectivity index is 2.46. The van der Waals surface area contributed by atoms with Crippen LogP contribution in [0.15, 0.2) is 30.6 Å². The number of ether oxygens (including phenoxy) is 1. The Hall–Kier alpha value is -1.72. The number of halogens is 3. The molecule has 14 heavy (non-hydrogen) atoms. The van der Waals surface area contributed by atoms with Crippen molar-refractivity contribution in [3.05, 3.63) is 30.6 Å². The van der Waals surface area contributed by atoms with Crippen molar-refractivity contribution >= 4 is 5.65 Å². The van der Waals surface area contributed by atoms with Crippen LogP contribution in [0.25, 0.3) is 5.65 Å².